The summed E-state index contributed by atoms with van der Waals surface area (Å²) in [5.74, 6) is -0.292. The van der Waals surface area contributed by atoms with Crippen LogP contribution in [0.3, 0.4) is 0 Å². The lowest BCUT2D eigenvalue weighted by Gasteiger charge is -2.03. The largest absolute Gasteiger partial charge is 0.594 e. The van der Waals surface area contributed by atoms with Gasteiger partial charge in [-0.3, -0.25) is 19.6 Å². The Morgan fingerprint density at radius 2 is 1.00 bits per heavy atom. The van der Waals surface area contributed by atoms with Crippen LogP contribution in [0.25, 0.3) is 0 Å². The van der Waals surface area contributed by atoms with Crippen LogP contribution < -0.4 is 0 Å². The monoisotopic (exact) mass is 408 g/mol. The lowest BCUT2D eigenvalue weighted by molar-refractivity contribution is -0.435. The lowest BCUT2D eigenvalue weighted by atomic mass is 10.0. The van der Waals surface area contributed by atoms with Crippen LogP contribution in [0.15, 0.2) is 103 Å². The molecule has 0 unspecified atom stereocenters. The summed E-state index contributed by atoms with van der Waals surface area (Å²) >= 11 is 0. The molecule has 0 spiro atoms. The molecular weight excluding hydrogens is 392 g/mol. The van der Waals surface area contributed by atoms with Crippen molar-refractivity contribution in [3.63, 3.8) is 0 Å². The molecule has 0 bridgehead atoms. The highest BCUT2D eigenvalue weighted by atomic mass is 16.5. The Bertz CT molecular complexity index is 1240. The van der Waals surface area contributed by atoms with E-state index >= 15 is 0 Å². The Hall–Kier alpha value is -4.52. The van der Waals surface area contributed by atoms with Crippen LogP contribution in [0, 0.1) is 5.21 Å². The minimum atomic E-state index is -0.155. The second-order valence-corrected chi connectivity index (χ2v) is 6.60. The standard InChI is InChI=1S/C24H16N4O3/c29-23(19-9-13-25-14-10-19)17-1-5-21(6-2-17)27-28(31)22-7-3-18(4-8-22)24(30)20-11-15-26-16-12-20/h1-16H. The van der Waals surface area contributed by atoms with E-state index < -0.39 is 0 Å². The molecule has 4 aromatic rings. The number of azo groups is 1. The van der Waals surface area contributed by atoms with Crippen molar-refractivity contribution in [3.05, 3.63) is 125 Å². The van der Waals surface area contributed by atoms with E-state index in [-0.39, 0.29) is 17.3 Å². The number of carbonyl (C=O) groups is 2. The summed E-state index contributed by atoms with van der Waals surface area (Å²) in [6, 6.07) is 19.2. The second kappa shape index (κ2) is 8.87. The van der Waals surface area contributed by atoms with E-state index in [9.17, 15) is 14.8 Å². The Labute approximate surface area is 177 Å². The predicted molar refractivity (Wildman–Crippen MR) is 114 cm³/mol. The molecule has 0 saturated carbocycles. The van der Waals surface area contributed by atoms with Gasteiger partial charge in [-0.1, -0.05) is 4.86 Å². The molecule has 7 nitrogen and oxygen atoms in total. The molecule has 0 atom stereocenters. The molecule has 0 aliphatic heterocycles. The molecule has 0 amide bonds. The normalized spacial score (nSPS) is 11.2. The number of hydrogen-bond acceptors (Lipinski definition) is 6. The van der Waals surface area contributed by atoms with Gasteiger partial charge in [-0.15, -0.1) is 0 Å². The van der Waals surface area contributed by atoms with Crippen LogP contribution in [0.2, 0.25) is 0 Å². The van der Waals surface area contributed by atoms with Crippen LogP contribution in [0.4, 0.5) is 11.4 Å². The number of carbonyl (C=O) groups excluding carboxylic acids is 2. The van der Waals surface area contributed by atoms with Gasteiger partial charge in [0.15, 0.2) is 11.6 Å². The summed E-state index contributed by atoms with van der Waals surface area (Å²) in [4.78, 5) is 33.1. The smallest absolute Gasteiger partial charge is 0.244 e. The van der Waals surface area contributed by atoms with Gasteiger partial charge in [-0.25, -0.2) is 0 Å². The van der Waals surface area contributed by atoms with Crippen molar-refractivity contribution < 1.29 is 14.4 Å². The van der Waals surface area contributed by atoms with Gasteiger partial charge in [-0.05, 0) is 60.7 Å². The minimum Gasteiger partial charge on any atom is -0.594 e. The van der Waals surface area contributed by atoms with Crippen molar-refractivity contribution >= 4 is 22.9 Å². The third-order valence-electron chi connectivity index (χ3n) is 4.57. The maximum Gasteiger partial charge on any atom is 0.244 e. The maximum absolute atomic E-state index is 12.4. The van der Waals surface area contributed by atoms with Crippen molar-refractivity contribution in [2.24, 2.45) is 5.11 Å². The third-order valence-corrected chi connectivity index (χ3v) is 4.57. The van der Waals surface area contributed by atoms with Gasteiger partial charge in [0, 0.05) is 64.3 Å². The number of ketones is 2. The fourth-order valence-corrected chi connectivity index (χ4v) is 2.92. The molecule has 0 aliphatic rings. The van der Waals surface area contributed by atoms with Crippen molar-refractivity contribution in [3.8, 4) is 0 Å². The molecule has 4 rings (SSSR count). The SMILES string of the molecule is O=C(c1ccncc1)c1ccc(N=[N+]([O-])c2ccc(C(=O)c3ccncc3)cc2)cc1. The molecule has 31 heavy (non-hydrogen) atoms. The number of pyridine rings is 2. The van der Waals surface area contributed by atoms with Gasteiger partial charge in [0.25, 0.3) is 0 Å². The molecule has 0 aliphatic carbocycles. The molecule has 0 fully saturated rings. The summed E-state index contributed by atoms with van der Waals surface area (Å²) in [5.41, 5.74) is 2.68. The second-order valence-electron chi connectivity index (χ2n) is 6.60. The van der Waals surface area contributed by atoms with Crippen LogP contribution in [-0.2, 0) is 0 Å². The first-order valence-electron chi connectivity index (χ1n) is 9.40. The summed E-state index contributed by atoms with van der Waals surface area (Å²) in [5, 5.41) is 16.4. The van der Waals surface area contributed by atoms with E-state index in [1.807, 2.05) is 0 Å². The first kappa shape index (κ1) is 19.8. The van der Waals surface area contributed by atoms with Crippen LogP contribution in [0.5, 0.6) is 0 Å². The zero-order chi connectivity index (χ0) is 21.6. The zero-order valence-electron chi connectivity index (χ0n) is 16.3. The maximum atomic E-state index is 12.4. The molecule has 7 heteroatoms. The Kier molecular flexibility index (Phi) is 5.66. The fourth-order valence-electron chi connectivity index (χ4n) is 2.92. The van der Waals surface area contributed by atoms with Gasteiger partial charge >= 0.3 is 0 Å². The van der Waals surface area contributed by atoms with E-state index in [0.29, 0.717) is 32.8 Å². The number of rotatable bonds is 6. The van der Waals surface area contributed by atoms with Crippen LogP contribution in [0.1, 0.15) is 31.8 Å². The summed E-state index contributed by atoms with van der Waals surface area (Å²) in [6.07, 6.45) is 6.22. The van der Waals surface area contributed by atoms with Crippen molar-refractivity contribution in [2.45, 2.75) is 0 Å². The van der Waals surface area contributed by atoms with Gasteiger partial charge < -0.3 is 5.21 Å². The highest BCUT2D eigenvalue weighted by Gasteiger charge is 2.12. The minimum absolute atomic E-state index is 0.137. The third kappa shape index (κ3) is 4.56. The van der Waals surface area contributed by atoms with Crippen molar-refractivity contribution in [1.82, 2.24) is 9.97 Å². The Balaban J connectivity index is 1.49. The molecule has 2 heterocycles. The number of hydrogen-bond donors (Lipinski definition) is 0. The van der Waals surface area contributed by atoms with Gasteiger partial charge in [0.1, 0.15) is 5.69 Å². The van der Waals surface area contributed by atoms with Crippen LogP contribution >= 0.6 is 0 Å². The van der Waals surface area contributed by atoms with E-state index in [4.69, 9.17) is 0 Å². The summed E-state index contributed by atoms with van der Waals surface area (Å²) in [7, 11) is 0. The summed E-state index contributed by atoms with van der Waals surface area (Å²) < 4.78 is 0. The molecule has 0 N–H and O–H groups in total. The van der Waals surface area contributed by atoms with Gasteiger partial charge in [-0.2, -0.15) is 0 Å². The molecule has 2 aromatic heterocycles. The number of nitrogens with zero attached hydrogens (tertiary/aromatic N) is 4. The molecule has 0 radical (unpaired) electrons. The average Bonchev–Trinajstić information content (AvgIpc) is 2.85. The first-order chi connectivity index (χ1) is 15.1. The van der Waals surface area contributed by atoms with Crippen molar-refractivity contribution in [1.29, 1.82) is 0 Å². The molecular formula is C24H16N4O3. The first-order valence-corrected chi connectivity index (χ1v) is 9.40. The quantitative estimate of drug-likeness (QED) is 0.196. The number of benzene rings is 2. The highest BCUT2D eigenvalue weighted by molar-refractivity contribution is 6.09. The topological polar surface area (TPSA) is 98.4 Å². The number of aromatic nitrogens is 2. The Morgan fingerprint density at radius 3 is 1.45 bits per heavy atom. The van der Waals surface area contributed by atoms with Gasteiger partial charge in [0.05, 0.1) is 0 Å². The van der Waals surface area contributed by atoms with E-state index in [1.165, 1.54) is 12.1 Å². The zero-order valence-corrected chi connectivity index (χ0v) is 16.3. The highest BCUT2D eigenvalue weighted by Crippen LogP contribution is 2.20. The molecule has 2 aromatic carbocycles. The van der Waals surface area contributed by atoms with E-state index in [1.54, 1.807) is 85.5 Å². The van der Waals surface area contributed by atoms with Crippen molar-refractivity contribution in [2.75, 3.05) is 0 Å². The fraction of sp³-hybridized carbons (Fsp3) is 0. The van der Waals surface area contributed by atoms with E-state index in [0.717, 1.165) is 0 Å². The predicted octanol–water partition coefficient (Wildman–Crippen LogP) is 4.86. The molecule has 150 valence electrons. The van der Waals surface area contributed by atoms with Gasteiger partial charge in [0.2, 0.25) is 5.69 Å². The lowest BCUT2D eigenvalue weighted by Crippen LogP contribution is -2.01. The molecule has 0 saturated heterocycles. The van der Waals surface area contributed by atoms with E-state index in [2.05, 4.69) is 15.1 Å². The average molecular weight is 408 g/mol. The summed E-state index contributed by atoms with van der Waals surface area (Å²) in [6.45, 7) is 0. The Morgan fingerprint density at radius 1 is 0.613 bits per heavy atom. The van der Waals surface area contributed by atoms with Crippen LogP contribution in [-0.4, -0.2) is 26.4 Å².